The first kappa shape index (κ1) is 11.3. The van der Waals surface area contributed by atoms with E-state index in [2.05, 4.69) is 23.7 Å². The highest BCUT2D eigenvalue weighted by Gasteiger charge is 2.26. The van der Waals surface area contributed by atoms with Gasteiger partial charge in [0.05, 0.1) is 0 Å². The summed E-state index contributed by atoms with van der Waals surface area (Å²) in [5.74, 6) is 2.49. The van der Waals surface area contributed by atoms with Gasteiger partial charge in [0.15, 0.2) is 0 Å². The number of thiocarbonyl (C=S) groups is 1. The zero-order chi connectivity index (χ0) is 11.7. The highest BCUT2D eigenvalue weighted by Crippen LogP contribution is 2.26. The second kappa shape index (κ2) is 4.37. The summed E-state index contributed by atoms with van der Waals surface area (Å²) in [6.07, 6.45) is 1.76. The normalized spacial score (nSPS) is 24.8. The van der Waals surface area contributed by atoms with Crippen LogP contribution in [0, 0.1) is 11.8 Å². The number of aromatic nitrogens is 1. The fourth-order valence-corrected chi connectivity index (χ4v) is 2.16. The summed E-state index contributed by atoms with van der Waals surface area (Å²) in [4.78, 5) is 7.13. The van der Waals surface area contributed by atoms with Crippen molar-refractivity contribution in [1.29, 1.82) is 0 Å². The third kappa shape index (κ3) is 2.16. The van der Waals surface area contributed by atoms with Gasteiger partial charge < -0.3 is 10.6 Å². The minimum absolute atomic E-state index is 0.405. The molecule has 0 aromatic carbocycles. The van der Waals surface area contributed by atoms with Crippen LogP contribution in [0.25, 0.3) is 0 Å². The van der Waals surface area contributed by atoms with E-state index >= 15 is 0 Å². The van der Waals surface area contributed by atoms with Crippen molar-refractivity contribution in [2.75, 3.05) is 18.0 Å². The standard InChI is InChI=1S/C12H17N3S/c1-8-6-15(7-9(8)2)11-4-3-10(5-14-11)12(13)16/h3-5,8-9H,6-7H2,1-2H3,(H2,13,16). The van der Waals surface area contributed by atoms with Gasteiger partial charge in [0, 0.05) is 24.8 Å². The van der Waals surface area contributed by atoms with Crippen LogP contribution < -0.4 is 10.6 Å². The Morgan fingerprint density at radius 2 is 2.00 bits per heavy atom. The molecule has 1 aromatic heterocycles. The van der Waals surface area contributed by atoms with Gasteiger partial charge >= 0.3 is 0 Å². The number of nitrogens with zero attached hydrogens (tertiary/aromatic N) is 2. The van der Waals surface area contributed by atoms with E-state index in [4.69, 9.17) is 18.0 Å². The van der Waals surface area contributed by atoms with Crippen LogP contribution in [0.5, 0.6) is 0 Å². The second-order valence-electron chi connectivity index (χ2n) is 4.63. The Kier molecular flexibility index (Phi) is 3.10. The molecule has 86 valence electrons. The quantitative estimate of drug-likeness (QED) is 0.794. The Morgan fingerprint density at radius 3 is 2.44 bits per heavy atom. The van der Waals surface area contributed by atoms with Crippen LogP contribution in [0.3, 0.4) is 0 Å². The van der Waals surface area contributed by atoms with Crippen molar-refractivity contribution in [3.05, 3.63) is 23.9 Å². The highest BCUT2D eigenvalue weighted by atomic mass is 32.1. The molecule has 1 aromatic rings. The summed E-state index contributed by atoms with van der Waals surface area (Å²) in [7, 11) is 0. The molecule has 0 bridgehead atoms. The van der Waals surface area contributed by atoms with Gasteiger partial charge in [-0.15, -0.1) is 0 Å². The van der Waals surface area contributed by atoms with Crippen LogP contribution in [0.15, 0.2) is 18.3 Å². The first-order chi connectivity index (χ1) is 7.58. The Hall–Kier alpha value is -1.16. The molecular weight excluding hydrogens is 218 g/mol. The van der Waals surface area contributed by atoms with Crippen molar-refractivity contribution in [3.63, 3.8) is 0 Å². The Bertz CT molecular complexity index is 378. The zero-order valence-corrected chi connectivity index (χ0v) is 10.5. The summed E-state index contributed by atoms with van der Waals surface area (Å²) >= 11 is 4.90. The van der Waals surface area contributed by atoms with Gasteiger partial charge in [0.2, 0.25) is 0 Å². The molecule has 0 saturated carbocycles. The molecule has 0 aliphatic carbocycles. The average Bonchev–Trinajstić information content (AvgIpc) is 2.59. The lowest BCUT2D eigenvalue weighted by atomic mass is 10.0. The van der Waals surface area contributed by atoms with Gasteiger partial charge in [0.1, 0.15) is 10.8 Å². The van der Waals surface area contributed by atoms with Crippen LogP contribution in [-0.2, 0) is 0 Å². The van der Waals surface area contributed by atoms with E-state index in [9.17, 15) is 0 Å². The molecule has 2 unspecified atom stereocenters. The molecule has 1 aliphatic heterocycles. The third-order valence-corrected chi connectivity index (χ3v) is 3.58. The smallest absolute Gasteiger partial charge is 0.128 e. The molecule has 2 heterocycles. The molecular formula is C12H17N3S. The molecule has 4 heteroatoms. The summed E-state index contributed by atoms with van der Waals surface area (Å²) in [5.41, 5.74) is 6.37. The first-order valence-corrected chi connectivity index (χ1v) is 5.99. The molecule has 1 aliphatic rings. The number of rotatable bonds is 2. The van der Waals surface area contributed by atoms with Crippen molar-refractivity contribution in [3.8, 4) is 0 Å². The van der Waals surface area contributed by atoms with Crippen LogP contribution >= 0.6 is 12.2 Å². The maximum Gasteiger partial charge on any atom is 0.128 e. The third-order valence-electron chi connectivity index (χ3n) is 3.34. The van der Waals surface area contributed by atoms with E-state index in [1.165, 1.54) is 0 Å². The van der Waals surface area contributed by atoms with E-state index < -0.39 is 0 Å². The summed E-state index contributed by atoms with van der Waals surface area (Å²) in [6.45, 7) is 6.74. The molecule has 2 atom stereocenters. The molecule has 2 rings (SSSR count). The van der Waals surface area contributed by atoms with E-state index in [0.717, 1.165) is 36.3 Å². The van der Waals surface area contributed by atoms with E-state index in [-0.39, 0.29) is 0 Å². The minimum Gasteiger partial charge on any atom is -0.389 e. The maximum absolute atomic E-state index is 5.54. The second-order valence-corrected chi connectivity index (χ2v) is 5.07. The number of anilines is 1. The number of hydrogen-bond donors (Lipinski definition) is 1. The SMILES string of the molecule is CC1CN(c2ccc(C(N)=S)cn2)CC1C. The van der Waals surface area contributed by atoms with Crippen LogP contribution in [0.2, 0.25) is 0 Å². The van der Waals surface area contributed by atoms with E-state index in [1.54, 1.807) is 6.20 Å². The van der Waals surface area contributed by atoms with Gasteiger partial charge in [0.25, 0.3) is 0 Å². The van der Waals surface area contributed by atoms with Crippen molar-refractivity contribution < 1.29 is 0 Å². The van der Waals surface area contributed by atoms with Crippen LogP contribution in [0.1, 0.15) is 19.4 Å². The summed E-state index contributed by atoms with van der Waals surface area (Å²) in [5, 5.41) is 0. The molecule has 0 spiro atoms. The van der Waals surface area contributed by atoms with Gasteiger partial charge in [-0.2, -0.15) is 0 Å². The largest absolute Gasteiger partial charge is 0.389 e. The molecule has 1 saturated heterocycles. The summed E-state index contributed by atoms with van der Waals surface area (Å²) in [6, 6.07) is 3.94. The lowest BCUT2D eigenvalue weighted by molar-refractivity contribution is 0.494. The Labute approximate surface area is 102 Å². The first-order valence-electron chi connectivity index (χ1n) is 5.58. The topological polar surface area (TPSA) is 42.1 Å². The molecule has 3 nitrogen and oxygen atoms in total. The van der Waals surface area contributed by atoms with Crippen molar-refractivity contribution in [2.45, 2.75) is 13.8 Å². The van der Waals surface area contributed by atoms with Crippen LogP contribution in [0.4, 0.5) is 5.82 Å². The Morgan fingerprint density at radius 1 is 1.38 bits per heavy atom. The monoisotopic (exact) mass is 235 g/mol. The van der Waals surface area contributed by atoms with Crippen molar-refractivity contribution in [2.24, 2.45) is 17.6 Å². The predicted octanol–water partition coefficient (Wildman–Crippen LogP) is 1.81. The lowest BCUT2D eigenvalue weighted by Crippen LogP contribution is -2.21. The van der Waals surface area contributed by atoms with E-state index in [0.29, 0.717) is 4.99 Å². The summed E-state index contributed by atoms with van der Waals surface area (Å²) < 4.78 is 0. The maximum atomic E-state index is 5.54. The van der Waals surface area contributed by atoms with Crippen molar-refractivity contribution in [1.82, 2.24) is 4.98 Å². The van der Waals surface area contributed by atoms with Gasteiger partial charge in [-0.1, -0.05) is 26.1 Å². The van der Waals surface area contributed by atoms with Crippen molar-refractivity contribution >= 4 is 23.0 Å². The van der Waals surface area contributed by atoms with Crippen LogP contribution in [-0.4, -0.2) is 23.1 Å². The van der Waals surface area contributed by atoms with Gasteiger partial charge in [-0.3, -0.25) is 0 Å². The van der Waals surface area contributed by atoms with E-state index in [1.807, 2.05) is 12.1 Å². The number of hydrogen-bond acceptors (Lipinski definition) is 3. The van der Waals surface area contributed by atoms with Gasteiger partial charge in [-0.05, 0) is 24.0 Å². The Balaban J connectivity index is 2.14. The lowest BCUT2D eigenvalue weighted by Gasteiger charge is -2.17. The highest BCUT2D eigenvalue weighted by molar-refractivity contribution is 7.80. The number of pyridine rings is 1. The zero-order valence-electron chi connectivity index (χ0n) is 9.68. The molecule has 2 N–H and O–H groups in total. The number of nitrogens with two attached hydrogens (primary N) is 1. The molecule has 16 heavy (non-hydrogen) atoms. The minimum atomic E-state index is 0.405. The molecule has 0 radical (unpaired) electrons. The fraction of sp³-hybridized carbons (Fsp3) is 0.500. The predicted molar refractivity (Wildman–Crippen MR) is 70.7 cm³/mol. The molecule has 1 fully saturated rings. The average molecular weight is 235 g/mol. The van der Waals surface area contributed by atoms with Gasteiger partial charge in [-0.25, -0.2) is 4.98 Å². The fourth-order valence-electron chi connectivity index (χ4n) is 2.04. The molecule has 0 amide bonds.